The summed E-state index contributed by atoms with van der Waals surface area (Å²) in [5.74, 6) is 0. The number of furan rings is 1. The Hall–Kier alpha value is -6.68. The highest BCUT2D eigenvalue weighted by Gasteiger charge is 2.27. The van der Waals surface area contributed by atoms with Crippen molar-refractivity contribution in [2.45, 2.75) is 0 Å². The molecule has 2 heterocycles. The normalized spacial score (nSPS) is 11.8. The van der Waals surface area contributed by atoms with Gasteiger partial charge in [-0.1, -0.05) is 158 Å². The first-order valence-corrected chi connectivity index (χ1v) is 18.8. The van der Waals surface area contributed by atoms with Gasteiger partial charge in [0, 0.05) is 47.6 Å². The number of para-hydroxylation sites is 1. The lowest BCUT2D eigenvalue weighted by molar-refractivity contribution is 0.669. The average Bonchev–Trinajstić information content (AvgIpc) is 3.81. The van der Waals surface area contributed by atoms with Crippen LogP contribution in [0.4, 0.5) is 17.1 Å². The molecular formula is C50H31NOS. The van der Waals surface area contributed by atoms with Gasteiger partial charge in [0.2, 0.25) is 0 Å². The molecule has 0 aliphatic rings. The fourth-order valence-corrected chi connectivity index (χ4v) is 9.58. The Morgan fingerprint density at radius 1 is 0.415 bits per heavy atom. The molecule has 0 atom stereocenters. The van der Waals surface area contributed by atoms with E-state index >= 15 is 0 Å². The number of hydrogen-bond donors (Lipinski definition) is 0. The Kier molecular flexibility index (Phi) is 6.76. The van der Waals surface area contributed by atoms with Gasteiger partial charge in [-0.15, -0.1) is 11.3 Å². The highest BCUT2D eigenvalue weighted by Crippen LogP contribution is 2.54. The molecule has 3 heteroatoms. The van der Waals surface area contributed by atoms with E-state index in [2.05, 4.69) is 193 Å². The fourth-order valence-electron chi connectivity index (χ4n) is 8.30. The van der Waals surface area contributed by atoms with Crippen LogP contribution in [0.1, 0.15) is 0 Å². The van der Waals surface area contributed by atoms with Crippen LogP contribution in [-0.4, -0.2) is 0 Å². The maximum atomic E-state index is 6.96. The summed E-state index contributed by atoms with van der Waals surface area (Å²) in [6, 6.07) is 67.8. The van der Waals surface area contributed by atoms with Crippen molar-refractivity contribution in [2.24, 2.45) is 0 Å². The van der Waals surface area contributed by atoms with Gasteiger partial charge in [0.1, 0.15) is 5.58 Å². The second-order valence-corrected chi connectivity index (χ2v) is 14.7. The third-order valence-corrected chi connectivity index (χ3v) is 11.8. The molecule has 0 aliphatic carbocycles. The lowest BCUT2D eigenvalue weighted by atomic mass is 9.92. The SMILES string of the molecule is c1ccc(-c2ccc(N(c3cccc4c3oc3ccc5ccccc5c34)c3c4ccccc4c(-c4ccccc4)c4sc5ccccc5c34)cc2)cc1. The zero-order chi connectivity index (χ0) is 34.9. The molecule has 0 bridgehead atoms. The summed E-state index contributed by atoms with van der Waals surface area (Å²) < 4.78 is 9.50. The summed E-state index contributed by atoms with van der Waals surface area (Å²) in [6.07, 6.45) is 0. The van der Waals surface area contributed by atoms with Crippen LogP contribution in [-0.2, 0) is 0 Å². The Bertz CT molecular complexity index is 3160. The molecule has 0 saturated carbocycles. The molecule has 9 aromatic carbocycles. The van der Waals surface area contributed by atoms with Crippen LogP contribution in [0.25, 0.3) is 85.9 Å². The van der Waals surface area contributed by atoms with Gasteiger partial charge in [-0.05, 0) is 63.2 Å². The maximum Gasteiger partial charge on any atom is 0.159 e. The maximum absolute atomic E-state index is 6.96. The van der Waals surface area contributed by atoms with Gasteiger partial charge in [0.25, 0.3) is 0 Å². The van der Waals surface area contributed by atoms with Crippen molar-refractivity contribution in [2.75, 3.05) is 4.90 Å². The number of fused-ring (bicyclic) bond motifs is 9. The van der Waals surface area contributed by atoms with Crippen LogP contribution in [0, 0.1) is 0 Å². The Balaban J connectivity index is 1.29. The van der Waals surface area contributed by atoms with Crippen molar-refractivity contribution in [1.82, 2.24) is 0 Å². The van der Waals surface area contributed by atoms with Crippen LogP contribution in [0.5, 0.6) is 0 Å². The van der Waals surface area contributed by atoms with Gasteiger partial charge in [-0.3, -0.25) is 0 Å². The molecule has 0 aliphatic heterocycles. The molecule has 0 N–H and O–H groups in total. The molecule has 2 aromatic heterocycles. The smallest absolute Gasteiger partial charge is 0.159 e. The second-order valence-electron chi connectivity index (χ2n) is 13.6. The number of rotatable bonds is 5. The minimum atomic E-state index is 0.870. The zero-order valence-corrected chi connectivity index (χ0v) is 29.5. The monoisotopic (exact) mass is 693 g/mol. The first-order chi connectivity index (χ1) is 26.3. The Morgan fingerprint density at radius 3 is 1.83 bits per heavy atom. The van der Waals surface area contributed by atoms with E-state index in [1.807, 2.05) is 11.3 Å². The van der Waals surface area contributed by atoms with E-state index in [1.54, 1.807) is 0 Å². The minimum absolute atomic E-state index is 0.870. The summed E-state index contributed by atoms with van der Waals surface area (Å²) in [4.78, 5) is 2.46. The molecular weight excluding hydrogens is 663 g/mol. The van der Waals surface area contributed by atoms with E-state index in [0.717, 1.165) is 39.0 Å². The number of anilines is 3. The predicted octanol–water partition coefficient (Wildman–Crippen LogP) is 15.1. The van der Waals surface area contributed by atoms with Crippen LogP contribution in [0.15, 0.2) is 192 Å². The molecule has 0 spiro atoms. The second kappa shape index (κ2) is 11.9. The third-order valence-electron chi connectivity index (χ3n) is 10.6. The van der Waals surface area contributed by atoms with Gasteiger partial charge in [0.05, 0.1) is 11.4 Å². The highest BCUT2D eigenvalue weighted by molar-refractivity contribution is 7.26. The molecule has 11 aromatic rings. The van der Waals surface area contributed by atoms with Crippen molar-refractivity contribution < 1.29 is 4.42 Å². The van der Waals surface area contributed by atoms with Crippen LogP contribution >= 0.6 is 11.3 Å². The van der Waals surface area contributed by atoms with Gasteiger partial charge < -0.3 is 9.32 Å². The molecule has 0 fully saturated rings. The third kappa shape index (κ3) is 4.64. The number of nitrogens with zero attached hydrogens (tertiary/aromatic N) is 1. The van der Waals surface area contributed by atoms with Gasteiger partial charge in [-0.25, -0.2) is 0 Å². The molecule has 53 heavy (non-hydrogen) atoms. The molecule has 2 nitrogen and oxygen atoms in total. The lowest BCUT2D eigenvalue weighted by Crippen LogP contribution is -2.11. The van der Waals surface area contributed by atoms with E-state index < -0.39 is 0 Å². The van der Waals surface area contributed by atoms with Crippen molar-refractivity contribution in [3.63, 3.8) is 0 Å². The molecule has 0 amide bonds. The molecule has 0 unspecified atom stereocenters. The zero-order valence-electron chi connectivity index (χ0n) is 28.7. The van der Waals surface area contributed by atoms with Crippen molar-refractivity contribution in [1.29, 1.82) is 0 Å². The van der Waals surface area contributed by atoms with Crippen molar-refractivity contribution >= 4 is 92.1 Å². The van der Waals surface area contributed by atoms with E-state index in [4.69, 9.17) is 4.42 Å². The Morgan fingerprint density at radius 2 is 1.04 bits per heavy atom. The van der Waals surface area contributed by atoms with Crippen LogP contribution in [0.3, 0.4) is 0 Å². The predicted molar refractivity (Wildman–Crippen MR) is 227 cm³/mol. The van der Waals surface area contributed by atoms with E-state index in [9.17, 15) is 0 Å². The van der Waals surface area contributed by atoms with Gasteiger partial charge >= 0.3 is 0 Å². The first kappa shape index (κ1) is 30.0. The number of benzene rings is 9. The Labute approximate surface area is 310 Å². The summed E-state index contributed by atoms with van der Waals surface area (Å²) in [6.45, 7) is 0. The number of hydrogen-bond acceptors (Lipinski definition) is 3. The van der Waals surface area contributed by atoms with E-state index in [1.165, 1.54) is 64.0 Å². The average molecular weight is 694 g/mol. The largest absolute Gasteiger partial charge is 0.454 e. The van der Waals surface area contributed by atoms with Gasteiger partial charge in [0.15, 0.2) is 5.58 Å². The topological polar surface area (TPSA) is 16.4 Å². The summed E-state index contributed by atoms with van der Waals surface area (Å²) in [5.41, 5.74) is 9.85. The lowest BCUT2D eigenvalue weighted by Gasteiger charge is -2.29. The minimum Gasteiger partial charge on any atom is -0.454 e. The van der Waals surface area contributed by atoms with Crippen molar-refractivity contribution in [3.8, 4) is 22.3 Å². The highest BCUT2D eigenvalue weighted by atomic mass is 32.1. The van der Waals surface area contributed by atoms with E-state index in [0.29, 0.717) is 0 Å². The standard InChI is InChI=1S/C50H31NOS/c1-3-14-32(15-4-1)33-26-29-36(30-27-33)51(42-24-13-23-41-46-37-19-8-7-16-34(37)28-31-43(46)52-49(41)42)48-39-21-10-9-20-38(39)45(35-17-5-2-6-18-35)50-47(48)40-22-11-12-25-44(40)53-50/h1-31H. The quantitative estimate of drug-likeness (QED) is 0.178. The first-order valence-electron chi connectivity index (χ1n) is 18.0. The fraction of sp³-hybridized carbons (Fsp3) is 0. The van der Waals surface area contributed by atoms with Gasteiger partial charge in [-0.2, -0.15) is 0 Å². The summed E-state index contributed by atoms with van der Waals surface area (Å²) in [5, 5.41) is 9.56. The molecule has 11 rings (SSSR count). The summed E-state index contributed by atoms with van der Waals surface area (Å²) in [7, 11) is 0. The molecule has 0 radical (unpaired) electrons. The van der Waals surface area contributed by atoms with Crippen molar-refractivity contribution in [3.05, 3.63) is 188 Å². The summed E-state index contributed by atoms with van der Waals surface area (Å²) >= 11 is 1.88. The number of thiophene rings is 1. The molecule has 0 saturated heterocycles. The van der Waals surface area contributed by atoms with Crippen LogP contribution < -0.4 is 4.90 Å². The molecule has 248 valence electrons. The van der Waals surface area contributed by atoms with Crippen LogP contribution in [0.2, 0.25) is 0 Å². The van der Waals surface area contributed by atoms with E-state index in [-0.39, 0.29) is 0 Å².